The van der Waals surface area contributed by atoms with Crippen LogP contribution in [0, 0.1) is 0 Å². The van der Waals surface area contributed by atoms with Crippen LogP contribution in [-0.2, 0) is 22.5 Å². The fraction of sp³-hybridized carbons (Fsp3) is 0.286. The van der Waals surface area contributed by atoms with E-state index in [0.717, 1.165) is 29.1 Å². The number of amides is 1. The lowest BCUT2D eigenvalue weighted by atomic mass is 10.1. The Bertz CT molecular complexity index is 912. The second-order valence-electron chi connectivity index (χ2n) is 6.16. The monoisotopic (exact) mass is 396 g/mol. The van der Waals surface area contributed by atoms with Crippen molar-refractivity contribution < 1.29 is 9.53 Å². The standard InChI is InChI=1S/C21H24N4O2S/c1-3-16-9-7-8-12-18(16)22-19(26)15-28-21-24-23-20(25(21)13-14-27-2)17-10-5-4-6-11-17/h4-12H,3,13-15H2,1-2H3,(H,22,26). The maximum Gasteiger partial charge on any atom is 0.234 e. The molecule has 1 aromatic heterocycles. The largest absolute Gasteiger partial charge is 0.383 e. The number of anilines is 1. The summed E-state index contributed by atoms with van der Waals surface area (Å²) in [4.78, 5) is 12.4. The lowest BCUT2D eigenvalue weighted by Crippen LogP contribution is -2.16. The van der Waals surface area contributed by atoms with Gasteiger partial charge in [-0.1, -0.05) is 67.2 Å². The van der Waals surface area contributed by atoms with Crippen molar-refractivity contribution in [2.75, 3.05) is 24.8 Å². The van der Waals surface area contributed by atoms with Gasteiger partial charge in [0.25, 0.3) is 0 Å². The minimum atomic E-state index is -0.0616. The van der Waals surface area contributed by atoms with E-state index in [1.165, 1.54) is 11.8 Å². The molecule has 0 radical (unpaired) electrons. The third-order valence-electron chi connectivity index (χ3n) is 4.27. The number of nitrogens with zero attached hydrogens (tertiary/aromatic N) is 3. The first kappa shape index (κ1) is 20.1. The highest BCUT2D eigenvalue weighted by Crippen LogP contribution is 2.24. The summed E-state index contributed by atoms with van der Waals surface area (Å²) in [5, 5.41) is 12.3. The zero-order chi connectivity index (χ0) is 19.8. The van der Waals surface area contributed by atoms with E-state index in [-0.39, 0.29) is 11.7 Å². The lowest BCUT2D eigenvalue weighted by Gasteiger charge is -2.11. The molecule has 6 nitrogen and oxygen atoms in total. The summed E-state index contributed by atoms with van der Waals surface area (Å²) in [6, 6.07) is 17.8. The van der Waals surface area contributed by atoms with E-state index in [4.69, 9.17) is 4.74 Å². The number of ether oxygens (including phenoxy) is 1. The van der Waals surface area contributed by atoms with Crippen molar-refractivity contribution in [3.8, 4) is 11.4 Å². The molecule has 0 bridgehead atoms. The third-order valence-corrected chi connectivity index (χ3v) is 5.24. The van der Waals surface area contributed by atoms with Crippen LogP contribution in [0.15, 0.2) is 59.8 Å². The maximum absolute atomic E-state index is 12.4. The minimum absolute atomic E-state index is 0.0616. The molecule has 146 valence electrons. The van der Waals surface area contributed by atoms with Crippen LogP contribution in [0.1, 0.15) is 12.5 Å². The van der Waals surface area contributed by atoms with Gasteiger partial charge in [-0.15, -0.1) is 10.2 Å². The first-order valence-electron chi connectivity index (χ1n) is 9.21. The number of aryl methyl sites for hydroxylation is 1. The van der Waals surface area contributed by atoms with Crippen molar-refractivity contribution >= 4 is 23.4 Å². The molecule has 1 N–H and O–H groups in total. The maximum atomic E-state index is 12.4. The summed E-state index contributed by atoms with van der Waals surface area (Å²) in [5.74, 6) is 0.975. The van der Waals surface area contributed by atoms with Gasteiger partial charge < -0.3 is 10.1 Å². The molecule has 0 saturated heterocycles. The molecule has 0 aliphatic carbocycles. The summed E-state index contributed by atoms with van der Waals surface area (Å²) in [5.41, 5.74) is 2.97. The first-order valence-corrected chi connectivity index (χ1v) is 10.2. The van der Waals surface area contributed by atoms with Gasteiger partial charge in [-0.2, -0.15) is 0 Å². The average Bonchev–Trinajstić information content (AvgIpc) is 3.14. The van der Waals surface area contributed by atoms with Gasteiger partial charge >= 0.3 is 0 Å². The van der Waals surface area contributed by atoms with E-state index in [9.17, 15) is 4.79 Å². The Morgan fingerprint density at radius 2 is 1.86 bits per heavy atom. The highest BCUT2D eigenvalue weighted by Gasteiger charge is 2.16. The van der Waals surface area contributed by atoms with Crippen LogP contribution in [-0.4, -0.2) is 40.1 Å². The second kappa shape index (κ2) is 10.1. The van der Waals surface area contributed by atoms with E-state index >= 15 is 0 Å². The van der Waals surface area contributed by atoms with Crippen molar-refractivity contribution in [2.45, 2.75) is 25.0 Å². The molecular weight excluding hydrogens is 372 g/mol. The van der Waals surface area contributed by atoms with Gasteiger partial charge in [0.05, 0.1) is 18.9 Å². The van der Waals surface area contributed by atoms with Gasteiger partial charge in [0.15, 0.2) is 11.0 Å². The molecule has 1 heterocycles. The SMILES string of the molecule is CCc1ccccc1NC(=O)CSc1nnc(-c2ccccc2)n1CCOC. The summed E-state index contributed by atoms with van der Waals surface area (Å²) in [7, 11) is 1.66. The van der Waals surface area contributed by atoms with Crippen molar-refractivity contribution in [1.29, 1.82) is 0 Å². The number of aromatic nitrogens is 3. The number of hydrogen-bond acceptors (Lipinski definition) is 5. The fourth-order valence-electron chi connectivity index (χ4n) is 2.85. The predicted octanol–water partition coefficient (Wildman–Crippen LogP) is 3.88. The highest BCUT2D eigenvalue weighted by atomic mass is 32.2. The van der Waals surface area contributed by atoms with Crippen molar-refractivity contribution in [3.05, 3.63) is 60.2 Å². The molecule has 0 aliphatic heterocycles. The number of rotatable bonds is 9. The van der Waals surface area contributed by atoms with Crippen LogP contribution < -0.4 is 5.32 Å². The van der Waals surface area contributed by atoms with Crippen molar-refractivity contribution in [3.63, 3.8) is 0 Å². The number of para-hydroxylation sites is 1. The Balaban J connectivity index is 1.71. The van der Waals surface area contributed by atoms with Gasteiger partial charge in [0.1, 0.15) is 0 Å². The minimum Gasteiger partial charge on any atom is -0.383 e. The van der Waals surface area contributed by atoms with Gasteiger partial charge in [0, 0.05) is 18.4 Å². The van der Waals surface area contributed by atoms with Gasteiger partial charge in [-0.25, -0.2) is 0 Å². The molecule has 0 spiro atoms. The lowest BCUT2D eigenvalue weighted by molar-refractivity contribution is -0.113. The van der Waals surface area contributed by atoms with Crippen LogP contribution in [0.25, 0.3) is 11.4 Å². The van der Waals surface area contributed by atoms with Gasteiger partial charge in [0.2, 0.25) is 5.91 Å². The number of nitrogens with one attached hydrogen (secondary N) is 1. The Labute approximate surface area is 169 Å². The van der Waals surface area contributed by atoms with E-state index in [1.54, 1.807) is 7.11 Å². The molecule has 28 heavy (non-hydrogen) atoms. The molecule has 3 aromatic rings. The van der Waals surface area contributed by atoms with E-state index in [0.29, 0.717) is 18.3 Å². The normalized spacial score (nSPS) is 10.8. The van der Waals surface area contributed by atoms with Crippen LogP contribution in [0.2, 0.25) is 0 Å². The van der Waals surface area contributed by atoms with Crippen LogP contribution in [0.5, 0.6) is 0 Å². The van der Waals surface area contributed by atoms with Crippen LogP contribution in [0.4, 0.5) is 5.69 Å². The van der Waals surface area contributed by atoms with E-state index in [1.807, 2.05) is 59.2 Å². The van der Waals surface area contributed by atoms with Crippen LogP contribution >= 0.6 is 11.8 Å². The molecule has 0 saturated carbocycles. The number of thioether (sulfide) groups is 1. The summed E-state index contributed by atoms with van der Waals surface area (Å²) in [6.07, 6.45) is 0.870. The fourth-order valence-corrected chi connectivity index (χ4v) is 3.61. The molecule has 0 unspecified atom stereocenters. The average molecular weight is 397 g/mol. The van der Waals surface area contributed by atoms with Crippen molar-refractivity contribution in [2.24, 2.45) is 0 Å². The Kier molecular flexibility index (Phi) is 7.22. The smallest absolute Gasteiger partial charge is 0.234 e. The van der Waals surface area contributed by atoms with Gasteiger partial charge in [-0.05, 0) is 18.1 Å². The third kappa shape index (κ3) is 4.99. The summed E-state index contributed by atoms with van der Waals surface area (Å²) in [6.45, 7) is 3.24. The molecule has 0 aliphatic rings. The molecule has 0 atom stereocenters. The number of hydrogen-bond donors (Lipinski definition) is 1. The Morgan fingerprint density at radius 3 is 2.61 bits per heavy atom. The molecular formula is C21H24N4O2S. The topological polar surface area (TPSA) is 69.0 Å². The highest BCUT2D eigenvalue weighted by molar-refractivity contribution is 7.99. The summed E-state index contributed by atoms with van der Waals surface area (Å²) < 4.78 is 7.22. The zero-order valence-corrected chi connectivity index (χ0v) is 16.9. The number of carbonyl (C=O) groups excluding carboxylic acids is 1. The van der Waals surface area contributed by atoms with Crippen LogP contribution in [0.3, 0.4) is 0 Å². The summed E-state index contributed by atoms with van der Waals surface area (Å²) >= 11 is 1.38. The molecule has 3 rings (SSSR count). The molecule has 0 fully saturated rings. The number of benzene rings is 2. The first-order chi connectivity index (χ1) is 13.7. The van der Waals surface area contributed by atoms with Gasteiger partial charge in [-0.3, -0.25) is 9.36 Å². The number of methoxy groups -OCH3 is 1. The zero-order valence-electron chi connectivity index (χ0n) is 16.1. The Hall–Kier alpha value is -2.64. The Morgan fingerprint density at radius 1 is 1.11 bits per heavy atom. The van der Waals surface area contributed by atoms with Crippen molar-refractivity contribution in [1.82, 2.24) is 14.8 Å². The quantitative estimate of drug-likeness (QED) is 0.556. The molecule has 7 heteroatoms. The molecule has 1 amide bonds. The predicted molar refractivity (Wildman–Crippen MR) is 113 cm³/mol. The van der Waals surface area contributed by atoms with E-state index < -0.39 is 0 Å². The number of carbonyl (C=O) groups is 1. The molecule has 2 aromatic carbocycles. The second-order valence-corrected chi connectivity index (χ2v) is 7.11. The van der Waals surface area contributed by atoms with E-state index in [2.05, 4.69) is 22.4 Å².